The third kappa shape index (κ3) is 2.65. The molecule has 114 valence electrons. The van der Waals surface area contributed by atoms with Gasteiger partial charge >= 0.3 is 0 Å². The Kier molecular flexibility index (Phi) is 4.10. The van der Waals surface area contributed by atoms with E-state index in [0.29, 0.717) is 11.1 Å². The first-order chi connectivity index (χ1) is 10.8. The minimum Gasteiger partial charge on any atom is -0.232 e. The number of halogens is 1. The smallest absolute Gasteiger partial charge is 0.136 e. The van der Waals surface area contributed by atoms with Gasteiger partial charge in [-0.2, -0.15) is 0 Å². The molecule has 4 heteroatoms. The van der Waals surface area contributed by atoms with Crippen LogP contribution in [-0.2, 0) is 6.42 Å². The van der Waals surface area contributed by atoms with Crippen LogP contribution in [0.15, 0.2) is 29.2 Å². The van der Waals surface area contributed by atoms with Crippen LogP contribution in [0.4, 0.5) is 0 Å². The van der Waals surface area contributed by atoms with Crippen molar-refractivity contribution in [1.29, 1.82) is 0 Å². The molecule has 0 unspecified atom stereocenters. The summed E-state index contributed by atoms with van der Waals surface area (Å²) in [7, 11) is 0. The Morgan fingerprint density at radius 1 is 1.05 bits per heavy atom. The van der Waals surface area contributed by atoms with Gasteiger partial charge in [-0.1, -0.05) is 49.1 Å². The summed E-state index contributed by atoms with van der Waals surface area (Å²) in [5.74, 6) is 2.49. The van der Waals surface area contributed by atoms with Crippen molar-refractivity contribution in [3.8, 4) is 11.3 Å². The van der Waals surface area contributed by atoms with Crippen molar-refractivity contribution in [1.82, 2.24) is 9.97 Å². The molecule has 0 radical (unpaired) electrons. The molecule has 1 aliphatic carbocycles. The summed E-state index contributed by atoms with van der Waals surface area (Å²) in [6.45, 7) is 0. The fourth-order valence-electron chi connectivity index (χ4n) is 3.51. The first kappa shape index (κ1) is 14.5. The van der Waals surface area contributed by atoms with E-state index in [0.717, 1.165) is 29.3 Å². The number of nitrogens with zero attached hydrogens (tertiary/aromatic N) is 2. The second kappa shape index (κ2) is 6.21. The second-order valence-corrected chi connectivity index (χ2v) is 7.62. The Morgan fingerprint density at radius 3 is 2.73 bits per heavy atom. The van der Waals surface area contributed by atoms with Gasteiger partial charge in [0, 0.05) is 27.7 Å². The second-order valence-electron chi connectivity index (χ2n) is 6.13. The van der Waals surface area contributed by atoms with Crippen LogP contribution in [0.1, 0.15) is 49.4 Å². The number of aromatic nitrogens is 2. The summed E-state index contributed by atoms with van der Waals surface area (Å²) in [4.78, 5) is 11.0. The summed E-state index contributed by atoms with van der Waals surface area (Å²) < 4.78 is 0. The van der Waals surface area contributed by atoms with E-state index in [1.807, 2.05) is 11.8 Å². The van der Waals surface area contributed by atoms with Crippen LogP contribution in [0.3, 0.4) is 0 Å². The highest BCUT2D eigenvalue weighted by molar-refractivity contribution is 7.99. The molecule has 4 rings (SSSR count). The molecule has 0 amide bonds. The Bertz CT molecular complexity index is 695. The Hall–Kier alpha value is -1.06. The Labute approximate surface area is 140 Å². The third-order valence-electron chi connectivity index (χ3n) is 4.70. The topological polar surface area (TPSA) is 25.8 Å². The third-order valence-corrected chi connectivity index (χ3v) is 6.08. The van der Waals surface area contributed by atoms with E-state index in [-0.39, 0.29) is 0 Å². The molecule has 2 nitrogen and oxygen atoms in total. The van der Waals surface area contributed by atoms with E-state index in [2.05, 4.69) is 29.2 Å². The predicted molar refractivity (Wildman–Crippen MR) is 92.7 cm³/mol. The number of benzene rings is 1. The highest BCUT2D eigenvalue weighted by atomic mass is 35.5. The number of rotatable bonds is 1. The Morgan fingerprint density at radius 2 is 1.86 bits per heavy atom. The van der Waals surface area contributed by atoms with Crippen molar-refractivity contribution in [2.45, 2.75) is 49.3 Å². The Balaban J connectivity index is 1.84. The highest BCUT2D eigenvalue weighted by Gasteiger charge is 2.24. The lowest BCUT2D eigenvalue weighted by molar-refractivity contribution is 0.428. The average molecular weight is 331 g/mol. The zero-order valence-electron chi connectivity index (χ0n) is 12.5. The van der Waals surface area contributed by atoms with Crippen molar-refractivity contribution in [3.05, 3.63) is 40.8 Å². The van der Waals surface area contributed by atoms with Crippen LogP contribution in [0.2, 0.25) is 5.15 Å². The summed E-state index contributed by atoms with van der Waals surface area (Å²) in [6, 6.07) is 8.54. The van der Waals surface area contributed by atoms with Crippen LogP contribution >= 0.6 is 23.4 Å². The summed E-state index contributed by atoms with van der Waals surface area (Å²) in [6.07, 6.45) is 7.26. The van der Waals surface area contributed by atoms with E-state index in [1.54, 1.807) is 0 Å². The van der Waals surface area contributed by atoms with Gasteiger partial charge in [0.25, 0.3) is 0 Å². The maximum Gasteiger partial charge on any atom is 0.136 e. The van der Waals surface area contributed by atoms with Gasteiger partial charge in [-0.25, -0.2) is 9.97 Å². The van der Waals surface area contributed by atoms with Gasteiger partial charge in [0.05, 0.1) is 5.69 Å². The van der Waals surface area contributed by atoms with E-state index in [9.17, 15) is 0 Å². The molecule has 2 aromatic rings. The number of fused-ring (bicyclic) bond motifs is 3. The molecule has 2 heterocycles. The molecular weight excluding hydrogens is 312 g/mol. The van der Waals surface area contributed by atoms with Crippen LogP contribution in [0.25, 0.3) is 11.3 Å². The zero-order chi connectivity index (χ0) is 14.9. The summed E-state index contributed by atoms with van der Waals surface area (Å²) in [5, 5.41) is 0.669. The highest BCUT2D eigenvalue weighted by Crippen LogP contribution is 2.40. The van der Waals surface area contributed by atoms with E-state index in [4.69, 9.17) is 16.6 Å². The zero-order valence-corrected chi connectivity index (χ0v) is 14.1. The fourth-order valence-corrected chi connectivity index (χ4v) is 4.80. The first-order valence-corrected chi connectivity index (χ1v) is 9.48. The van der Waals surface area contributed by atoms with Gasteiger partial charge in [-0.15, -0.1) is 11.8 Å². The van der Waals surface area contributed by atoms with Crippen molar-refractivity contribution in [2.24, 2.45) is 0 Å². The molecule has 0 saturated heterocycles. The van der Waals surface area contributed by atoms with Crippen LogP contribution in [0, 0.1) is 0 Å². The van der Waals surface area contributed by atoms with Crippen LogP contribution in [0.5, 0.6) is 0 Å². The van der Waals surface area contributed by atoms with Crippen LogP contribution < -0.4 is 0 Å². The normalized spacial score (nSPS) is 18.4. The predicted octanol–water partition coefficient (Wildman–Crippen LogP) is 5.49. The van der Waals surface area contributed by atoms with E-state index < -0.39 is 0 Å². The van der Waals surface area contributed by atoms with E-state index >= 15 is 0 Å². The number of thioether (sulfide) groups is 1. The van der Waals surface area contributed by atoms with Gasteiger partial charge in [-0.05, 0) is 25.3 Å². The van der Waals surface area contributed by atoms with Crippen molar-refractivity contribution in [3.63, 3.8) is 0 Å². The molecule has 1 aromatic carbocycles. The molecule has 22 heavy (non-hydrogen) atoms. The molecule has 1 fully saturated rings. The fraction of sp³-hybridized carbons (Fsp3) is 0.444. The van der Waals surface area contributed by atoms with E-state index in [1.165, 1.54) is 42.6 Å². The quantitative estimate of drug-likeness (QED) is 0.646. The van der Waals surface area contributed by atoms with Crippen molar-refractivity contribution in [2.75, 3.05) is 5.75 Å². The standard InChI is InChI=1S/C18H19ClN2S/c19-17-14-10-11-22-15-9-5-4-8-13(15)16(14)20-18(21-17)12-6-2-1-3-7-12/h4-5,8-9,12H,1-3,6-7,10-11H2. The molecular formula is C18H19ClN2S. The van der Waals surface area contributed by atoms with Crippen LogP contribution in [-0.4, -0.2) is 15.7 Å². The molecule has 1 saturated carbocycles. The monoisotopic (exact) mass is 330 g/mol. The lowest BCUT2D eigenvalue weighted by atomic mass is 9.88. The molecule has 0 spiro atoms. The molecule has 0 bridgehead atoms. The molecule has 2 aliphatic rings. The minimum absolute atomic E-state index is 0.486. The van der Waals surface area contributed by atoms with Gasteiger partial charge in [0.2, 0.25) is 0 Å². The van der Waals surface area contributed by atoms with Gasteiger partial charge in [0.15, 0.2) is 0 Å². The maximum atomic E-state index is 6.55. The van der Waals surface area contributed by atoms with Crippen molar-refractivity contribution >= 4 is 23.4 Å². The molecule has 0 atom stereocenters. The number of hydrogen-bond donors (Lipinski definition) is 0. The molecule has 1 aromatic heterocycles. The summed E-state index contributed by atoms with van der Waals surface area (Å²) in [5.41, 5.74) is 3.42. The largest absolute Gasteiger partial charge is 0.232 e. The summed E-state index contributed by atoms with van der Waals surface area (Å²) >= 11 is 8.44. The lowest BCUT2D eigenvalue weighted by Gasteiger charge is -2.21. The van der Waals surface area contributed by atoms with Crippen molar-refractivity contribution < 1.29 is 0 Å². The van der Waals surface area contributed by atoms with Gasteiger partial charge < -0.3 is 0 Å². The van der Waals surface area contributed by atoms with Gasteiger partial charge in [-0.3, -0.25) is 0 Å². The first-order valence-electron chi connectivity index (χ1n) is 8.11. The average Bonchev–Trinajstić information content (AvgIpc) is 2.76. The number of hydrogen-bond acceptors (Lipinski definition) is 3. The molecule has 0 N–H and O–H groups in total. The SMILES string of the molecule is Clc1nc(C2CCCCC2)nc2c1CCSc1ccccc1-2. The molecule has 1 aliphatic heterocycles. The van der Waals surface area contributed by atoms with Gasteiger partial charge in [0.1, 0.15) is 11.0 Å². The lowest BCUT2D eigenvalue weighted by Crippen LogP contribution is -2.11. The minimum atomic E-state index is 0.486. The maximum absolute atomic E-state index is 6.55.